The summed E-state index contributed by atoms with van der Waals surface area (Å²) in [5.74, 6) is -3.60. The Balaban J connectivity index is 1.35. The van der Waals surface area contributed by atoms with Gasteiger partial charge >= 0.3 is 5.97 Å². The van der Waals surface area contributed by atoms with Crippen LogP contribution in [-0.4, -0.2) is 54.2 Å². The summed E-state index contributed by atoms with van der Waals surface area (Å²) in [7, 11) is 1.55. The van der Waals surface area contributed by atoms with Gasteiger partial charge < -0.3 is 20.1 Å². The topological polar surface area (TPSA) is 74.7 Å². The number of rotatable bonds is 11. The largest absolute Gasteiger partial charge is 0.497 e. The number of pyridine rings is 1. The van der Waals surface area contributed by atoms with Crippen LogP contribution in [0.2, 0.25) is 0 Å². The zero-order valence-corrected chi connectivity index (χ0v) is 21.2. The van der Waals surface area contributed by atoms with Crippen molar-refractivity contribution in [3.05, 3.63) is 65.4 Å². The van der Waals surface area contributed by atoms with Gasteiger partial charge in [0.05, 0.1) is 25.2 Å². The lowest BCUT2D eigenvalue weighted by molar-refractivity contribution is -0.140. The Morgan fingerprint density at radius 3 is 2.47 bits per heavy atom. The number of likely N-dealkylation sites (tertiary alicyclic amines) is 1. The molecule has 2 aromatic carbocycles. The van der Waals surface area contributed by atoms with Gasteiger partial charge in [-0.3, -0.25) is 9.78 Å². The second kappa shape index (κ2) is 12.0. The highest BCUT2D eigenvalue weighted by Crippen LogP contribution is 2.40. The first-order valence-electron chi connectivity index (χ1n) is 12.6. The molecule has 10 heteroatoms. The van der Waals surface area contributed by atoms with Crippen LogP contribution in [0.4, 0.5) is 23.2 Å². The monoisotopic (exact) mass is 533 g/mol. The third-order valence-electron chi connectivity index (χ3n) is 7.45. The van der Waals surface area contributed by atoms with Gasteiger partial charge in [-0.2, -0.15) is 0 Å². The van der Waals surface area contributed by atoms with E-state index < -0.39 is 34.7 Å². The van der Waals surface area contributed by atoms with E-state index in [2.05, 4.69) is 15.2 Å². The van der Waals surface area contributed by atoms with Crippen LogP contribution in [0.1, 0.15) is 37.7 Å². The Morgan fingerprint density at radius 1 is 1.11 bits per heavy atom. The van der Waals surface area contributed by atoms with Crippen molar-refractivity contribution in [1.29, 1.82) is 0 Å². The molecule has 0 atom stereocenters. The molecule has 0 saturated carbocycles. The number of ether oxygens (including phenoxy) is 1. The summed E-state index contributed by atoms with van der Waals surface area (Å²) < 4.78 is 60.8. The highest BCUT2D eigenvalue weighted by molar-refractivity contribution is 5.83. The molecule has 1 saturated heterocycles. The number of hydrogen-bond acceptors (Lipinski definition) is 5. The summed E-state index contributed by atoms with van der Waals surface area (Å²) in [6, 6.07) is 6.58. The normalized spacial score (nSPS) is 15.5. The molecule has 4 rings (SSSR count). The first kappa shape index (κ1) is 27.6. The molecule has 2 heterocycles. The van der Waals surface area contributed by atoms with E-state index >= 15 is 0 Å². The van der Waals surface area contributed by atoms with Crippen LogP contribution in [0.25, 0.3) is 10.9 Å². The van der Waals surface area contributed by atoms with E-state index in [9.17, 15) is 27.5 Å². The molecule has 0 aliphatic carbocycles. The molecule has 1 aromatic heterocycles. The van der Waals surface area contributed by atoms with E-state index in [-0.39, 0.29) is 18.7 Å². The number of hydrogen-bond donors (Lipinski definition) is 2. The van der Waals surface area contributed by atoms with Crippen molar-refractivity contribution in [2.75, 3.05) is 38.6 Å². The number of methoxy groups -OCH3 is 1. The lowest BCUT2D eigenvalue weighted by Crippen LogP contribution is -2.43. The molecule has 0 amide bonds. The number of carboxylic acids is 1. The minimum Gasteiger partial charge on any atom is -0.497 e. The van der Waals surface area contributed by atoms with Crippen LogP contribution in [0.15, 0.2) is 36.5 Å². The SMILES string of the molecule is COc1ccc2ncc(F)c(CCCC3(CC(=O)O)CCN(CCNc4c(F)cc(F)cc4F)CC3)c2c1. The average molecular weight is 534 g/mol. The first-order valence-corrected chi connectivity index (χ1v) is 12.6. The second-order valence-corrected chi connectivity index (χ2v) is 9.90. The molecular formula is C28H31F4N3O3. The van der Waals surface area contributed by atoms with Crippen molar-refractivity contribution < 1.29 is 32.2 Å². The predicted molar refractivity (Wildman–Crippen MR) is 136 cm³/mol. The summed E-state index contributed by atoms with van der Waals surface area (Å²) in [5.41, 5.74) is 0.437. The Kier molecular flexibility index (Phi) is 8.71. The molecule has 1 aliphatic rings. The fraction of sp³-hybridized carbons (Fsp3) is 0.429. The molecule has 0 unspecified atom stereocenters. The highest BCUT2D eigenvalue weighted by atomic mass is 19.1. The number of aromatic nitrogens is 1. The highest BCUT2D eigenvalue weighted by Gasteiger charge is 2.36. The number of aryl methyl sites for hydroxylation is 1. The Morgan fingerprint density at radius 2 is 1.82 bits per heavy atom. The molecule has 38 heavy (non-hydrogen) atoms. The molecule has 204 valence electrons. The van der Waals surface area contributed by atoms with Crippen LogP contribution >= 0.6 is 0 Å². The first-order chi connectivity index (χ1) is 18.2. The maximum absolute atomic E-state index is 14.7. The zero-order valence-electron chi connectivity index (χ0n) is 21.2. The van der Waals surface area contributed by atoms with Gasteiger partial charge in [-0.05, 0) is 74.4 Å². The molecule has 2 N–H and O–H groups in total. The van der Waals surface area contributed by atoms with Crippen molar-refractivity contribution in [1.82, 2.24) is 9.88 Å². The van der Waals surface area contributed by atoms with Crippen molar-refractivity contribution in [3.8, 4) is 5.75 Å². The average Bonchev–Trinajstić information content (AvgIpc) is 2.87. The number of aliphatic carboxylic acids is 1. The van der Waals surface area contributed by atoms with Crippen molar-refractivity contribution in [2.24, 2.45) is 5.41 Å². The van der Waals surface area contributed by atoms with Gasteiger partial charge in [0, 0.05) is 30.6 Å². The van der Waals surface area contributed by atoms with Crippen LogP contribution < -0.4 is 10.1 Å². The lowest BCUT2D eigenvalue weighted by Gasteiger charge is -2.41. The van der Waals surface area contributed by atoms with E-state index in [4.69, 9.17) is 4.74 Å². The molecule has 0 bridgehead atoms. The molecule has 0 spiro atoms. The number of benzene rings is 2. The van der Waals surface area contributed by atoms with Crippen molar-refractivity contribution in [2.45, 2.75) is 38.5 Å². The Bertz CT molecular complexity index is 1270. The second-order valence-electron chi connectivity index (χ2n) is 9.90. The Hall–Kier alpha value is -3.40. The molecule has 3 aromatic rings. The van der Waals surface area contributed by atoms with Gasteiger partial charge in [-0.1, -0.05) is 0 Å². The van der Waals surface area contributed by atoms with Gasteiger partial charge in [0.2, 0.25) is 0 Å². The fourth-order valence-corrected chi connectivity index (χ4v) is 5.36. The Labute approximate surface area is 218 Å². The van der Waals surface area contributed by atoms with E-state index in [0.29, 0.717) is 86.1 Å². The standard InChI is InChI=1S/C28H31F4N3O3/c1-38-19-4-5-25-21(15-19)20(24(32)17-34-25)3-2-6-28(16-26(36)37)7-10-35(11-8-28)12-9-33-27-22(30)13-18(29)14-23(27)31/h4-5,13-15,17,33H,2-3,6-12,16H2,1H3,(H,36,37). The number of piperidine rings is 1. The van der Waals surface area contributed by atoms with E-state index in [1.807, 2.05) is 0 Å². The molecule has 1 fully saturated rings. The smallest absolute Gasteiger partial charge is 0.303 e. The van der Waals surface area contributed by atoms with E-state index in [1.54, 1.807) is 25.3 Å². The third-order valence-corrected chi connectivity index (χ3v) is 7.45. The van der Waals surface area contributed by atoms with Gasteiger partial charge in [0.15, 0.2) is 11.6 Å². The van der Waals surface area contributed by atoms with Crippen LogP contribution in [0.3, 0.4) is 0 Å². The van der Waals surface area contributed by atoms with Gasteiger partial charge in [0.1, 0.15) is 23.1 Å². The predicted octanol–water partition coefficient (Wildman–Crippen LogP) is 5.79. The molecule has 6 nitrogen and oxygen atoms in total. The summed E-state index contributed by atoms with van der Waals surface area (Å²) in [4.78, 5) is 18.0. The third kappa shape index (κ3) is 6.53. The number of halogens is 4. The number of nitrogens with one attached hydrogen (secondary N) is 1. The van der Waals surface area contributed by atoms with Crippen LogP contribution in [-0.2, 0) is 11.2 Å². The number of carboxylic acid groups (broad SMARTS) is 1. The summed E-state index contributed by atoms with van der Waals surface area (Å²) in [6.07, 6.45) is 4.22. The molecular weight excluding hydrogens is 502 g/mol. The number of carbonyl (C=O) groups is 1. The maximum Gasteiger partial charge on any atom is 0.303 e. The van der Waals surface area contributed by atoms with E-state index in [0.717, 1.165) is 0 Å². The summed E-state index contributed by atoms with van der Waals surface area (Å²) >= 11 is 0. The minimum atomic E-state index is -0.988. The van der Waals surface area contributed by atoms with Crippen LogP contribution in [0, 0.1) is 28.7 Å². The molecule has 1 aliphatic heterocycles. The minimum absolute atomic E-state index is 0.0263. The van der Waals surface area contributed by atoms with Gasteiger partial charge in [-0.15, -0.1) is 0 Å². The number of fused-ring (bicyclic) bond motifs is 1. The molecule has 0 radical (unpaired) electrons. The number of nitrogens with zero attached hydrogens (tertiary/aromatic N) is 2. The zero-order chi connectivity index (χ0) is 27.3. The number of anilines is 1. The summed E-state index contributed by atoms with van der Waals surface area (Å²) in [6.45, 7) is 2.01. The van der Waals surface area contributed by atoms with Gasteiger partial charge in [0.25, 0.3) is 0 Å². The van der Waals surface area contributed by atoms with Gasteiger partial charge in [-0.25, -0.2) is 17.6 Å². The lowest BCUT2D eigenvalue weighted by atomic mass is 9.72. The quantitative estimate of drug-likeness (QED) is 0.304. The summed E-state index contributed by atoms with van der Waals surface area (Å²) in [5, 5.41) is 13.0. The van der Waals surface area contributed by atoms with Crippen molar-refractivity contribution in [3.63, 3.8) is 0 Å². The maximum atomic E-state index is 14.7. The van der Waals surface area contributed by atoms with Crippen LogP contribution in [0.5, 0.6) is 5.75 Å². The van der Waals surface area contributed by atoms with E-state index in [1.165, 1.54) is 6.20 Å². The fourth-order valence-electron chi connectivity index (χ4n) is 5.36. The van der Waals surface area contributed by atoms with Crippen molar-refractivity contribution >= 4 is 22.6 Å².